The standard InChI is InChI=1S/C11H21NO/c1-6-10(7-2)12-9-8-11(3,4)13-5/h1,10,12H,7-9H2,2-5H3. The van der Waals surface area contributed by atoms with Crippen LogP contribution in [0.15, 0.2) is 0 Å². The Labute approximate surface area is 82.1 Å². The molecule has 76 valence electrons. The third kappa shape index (κ3) is 5.68. The molecule has 0 rings (SSSR count). The summed E-state index contributed by atoms with van der Waals surface area (Å²) in [6.45, 7) is 7.14. The Morgan fingerprint density at radius 2 is 2.15 bits per heavy atom. The largest absolute Gasteiger partial charge is 0.379 e. The number of hydrogen-bond donors (Lipinski definition) is 1. The Hall–Kier alpha value is -0.520. The summed E-state index contributed by atoms with van der Waals surface area (Å²) in [5.41, 5.74) is -0.0557. The summed E-state index contributed by atoms with van der Waals surface area (Å²) >= 11 is 0. The number of nitrogens with one attached hydrogen (secondary N) is 1. The van der Waals surface area contributed by atoms with Gasteiger partial charge in [0, 0.05) is 7.11 Å². The minimum Gasteiger partial charge on any atom is -0.379 e. The van der Waals surface area contributed by atoms with Crippen LogP contribution in [-0.4, -0.2) is 25.3 Å². The van der Waals surface area contributed by atoms with Crippen molar-refractivity contribution in [2.24, 2.45) is 0 Å². The van der Waals surface area contributed by atoms with E-state index in [1.165, 1.54) is 0 Å². The van der Waals surface area contributed by atoms with Crippen molar-refractivity contribution < 1.29 is 4.74 Å². The lowest BCUT2D eigenvalue weighted by atomic mass is 10.1. The number of terminal acetylenes is 1. The van der Waals surface area contributed by atoms with E-state index in [0.29, 0.717) is 0 Å². The Bertz CT molecular complexity index is 169. The molecule has 0 aromatic carbocycles. The van der Waals surface area contributed by atoms with Crippen molar-refractivity contribution in [1.82, 2.24) is 5.32 Å². The zero-order valence-corrected chi connectivity index (χ0v) is 9.18. The van der Waals surface area contributed by atoms with E-state index in [-0.39, 0.29) is 11.6 Å². The van der Waals surface area contributed by atoms with E-state index in [0.717, 1.165) is 19.4 Å². The van der Waals surface area contributed by atoms with Crippen molar-refractivity contribution >= 4 is 0 Å². The molecule has 0 saturated heterocycles. The monoisotopic (exact) mass is 183 g/mol. The molecule has 1 unspecified atom stereocenters. The third-order valence-electron chi connectivity index (χ3n) is 2.28. The lowest BCUT2D eigenvalue weighted by Gasteiger charge is -2.23. The molecule has 0 saturated carbocycles. The van der Waals surface area contributed by atoms with Crippen LogP contribution in [0.2, 0.25) is 0 Å². The quantitative estimate of drug-likeness (QED) is 0.634. The van der Waals surface area contributed by atoms with Gasteiger partial charge in [-0.1, -0.05) is 12.8 Å². The number of methoxy groups -OCH3 is 1. The highest BCUT2D eigenvalue weighted by molar-refractivity contribution is 4.97. The van der Waals surface area contributed by atoms with Gasteiger partial charge in [0.2, 0.25) is 0 Å². The van der Waals surface area contributed by atoms with Crippen LogP contribution in [0.5, 0.6) is 0 Å². The maximum atomic E-state index is 5.32. The second kappa shape index (κ2) is 6.01. The molecule has 0 spiro atoms. The highest BCUT2D eigenvalue weighted by atomic mass is 16.5. The normalized spacial score (nSPS) is 13.8. The van der Waals surface area contributed by atoms with Gasteiger partial charge in [-0.15, -0.1) is 6.42 Å². The first-order valence-electron chi connectivity index (χ1n) is 4.80. The average Bonchev–Trinajstić information content (AvgIpc) is 2.12. The van der Waals surface area contributed by atoms with Crippen LogP contribution in [0.1, 0.15) is 33.6 Å². The summed E-state index contributed by atoms with van der Waals surface area (Å²) in [5.74, 6) is 2.70. The molecular weight excluding hydrogens is 162 g/mol. The van der Waals surface area contributed by atoms with E-state index in [2.05, 4.69) is 32.0 Å². The second-order valence-electron chi connectivity index (χ2n) is 3.80. The van der Waals surface area contributed by atoms with E-state index in [1.807, 2.05) is 0 Å². The van der Waals surface area contributed by atoms with Gasteiger partial charge in [0.25, 0.3) is 0 Å². The van der Waals surface area contributed by atoms with Crippen LogP contribution in [0.25, 0.3) is 0 Å². The maximum Gasteiger partial charge on any atom is 0.0684 e. The average molecular weight is 183 g/mol. The second-order valence-corrected chi connectivity index (χ2v) is 3.80. The van der Waals surface area contributed by atoms with Gasteiger partial charge in [-0.05, 0) is 33.2 Å². The van der Waals surface area contributed by atoms with Crippen LogP contribution in [-0.2, 0) is 4.74 Å². The predicted octanol–water partition coefficient (Wildman–Crippen LogP) is 1.80. The van der Waals surface area contributed by atoms with Crippen LogP contribution in [0, 0.1) is 12.3 Å². The Kier molecular flexibility index (Phi) is 5.77. The van der Waals surface area contributed by atoms with Gasteiger partial charge in [-0.25, -0.2) is 0 Å². The smallest absolute Gasteiger partial charge is 0.0684 e. The summed E-state index contributed by atoms with van der Waals surface area (Å²) in [5, 5.41) is 3.29. The molecule has 0 bridgehead atoms. The summed E-state index contributed by atoms with van der Waals surface area (Å²) in [4.78, 5) is 0. The Morgan fingerprint density at radius 1 is 1.54 bits per heavy atom. The van der Waals surface area contributed by atoms with Gasteiger partial charge in [-0.2, -0.15) is 0 Å². The van der Waals surface area contributed by atoms with Gasteiger partial charge in [-0.3, -0.25) is 0 Å². The van der Waals surface area contributed by atoms with Gasteiger partial charge in [0.1, 0.15) is 0 Å². The van der Waals surface area contributed by atoms with Gasteiger partial charge in [0.15, 0.2) is 0 Å². The van der Waals surface area contributed by atoms with Crippen LogP contribution < -0.4 is 5.32 Å². The van der Waals surface area contributed by atoms with E-state index in [9.17, 15) is 0 Å². The summed E-state index contributed by atoms with van der Waals surface area (Å²) in [6.07, 6.45) is 7.27. The summed E-state index contributed by atoms with van der Waals surface area (Å²) in [6, 6.07) is 0.202. The molecule has 1 atom stereocenters. The van der Waals surface area contributed by atoms with Crippen LogP contribution >= 0.6 is 0 Å². The van der Waals surface area contributed by atoms with Gasteiger partial charge >= 0.3 is 0 Å². The molecule has 13 heavy (non-hydrogen) atoms. The minimum absolute atomic E-state index is 0.0557. The van der Waals surface area contributed by atoms with Crippen molar-refractivity contribution in [2.75, 3.05) is 13.7 Å². The van der Waals surface area contributed by atoms with E-state index in [4.69, 9.17) is 11.2 Å². The number of hydrogen-bond acceptors (Lipinski definition) is 2. The van der Waals surface area contributed by atoms with Crippen molar-refractivity contribution in [3.05, 3.63) is 0 Å². The lowest BCUT2D eigenvalue weighted by molar-refractivity contribution is 0.0156. The molecule has 2 nitrogen and oxygen atoms in total. The zero-order chi connectivity index (χ0) is 10.3. The molecule has 0 aliphatic heterocycles. The molecule has 0 radical (unpaired) electrons. The molecule has 1 N–H and O–H groups in total. The van der Waals surface area contributed by atoms with E-state index < -0.39 is 0 Å². The predicted molar refractivity (Wildman–Crippen MR) is 56.6 cm³/mol. The van der Waals surface area contributed by atoms with Crippen molar-refractivity contribution in [1.29, 1.82) is 0 Å². The first kappa shape index (κ1) is 12.5. The fraction of sp³-hybridized carbons (Fsp3) is 0.818. The topological polar surface area (TPSA) is 21.3 Å². The molecule has 0 aromatic heterocycles. The Balaban J connectivity index is 3.62. The molecule has 2 heteroatoms. The van der Waals surface area contributed by atoms with E-state index in [1.54, 1.807) is 7.11 Å². The van der Waals surface area contributed by atoms with E-state index >= 15 is 0 Å². The summed E-state index contributed by atoms with van der Waals surface area (Å²) in [7, 11) is 1.73. The maximum absolute atomic E-state index is 5.32. The third-order valence-corrected chi connectivity index (χ3v) is 2.28. The number of ether oxygens (including phenoxy) is 1. The molecule has 0 aromatic rings. The molecule has 0 aliphatic rings. The van der Waals surface area contributed by atoms with Gasteiger partial charge < -0.3 is 10.1 Å². The minimum atomic E-state index is -0.0557. The number of rotatable bonds is 6. The van der Waals surface area contributed by atoms with Crippen molar-refractivity contribution in [3.8, 4) is 12.3 Å². The fourth-order valence-corrected chi connectivity index (χ4v) is 0.971. The zero-order valence-electron chi connectivity index (χ0n) is 9.18. The SMILES string of the molecule is C#CC(CC)NCCC(C)(C)OC. The van der Waals surface area contributed by atoms with Crippen molar-refractivity contribution in [3.63, 3.8) is 0 Å². The van der Waals surface area contributed by atoms with Crippen LogP contribution in [0.4, 0.5) is 0 Å². The first-order valence-corrected chi connectivity index (χ1v) is 4.80. The first-order chi connectivity index (χ1) is 6.05. The van der Waals surface area contributed by atoms with Crippen LogP contribution in [0.3, 0.4) is 0 Å². The lowest BCUT2D eigenvalue weighted by Crippen LogP contribution is -2.33. The highest BCUT2D eigenvalue weighted by Gasteiger charge is 2.15. The Morgan fingerprint density at radius 3 is 2.54 bits per heavy atom. The summed E-state index contributed by atoms with van der Waals surface area (Å²) < 4.78 is 5.30. The molecular formula is C11H21NO. The molecule has 0 amide bonds. The highest BCUT2D eigenvalue weighted by Crippen LogP contribution is 2.11. The van der Waals surface area contributed by atoms with Crippen molar-refractivity contribution in [2.45, 2.75) is 45.3 Å². The molecule has 0 fully saturated rings. The fourth-order valence-electron chi connectivity index (χ4n) is 0.971. The molecule has 0 aliphatic carbocycles. The van der Waals surface area contributed by atoms with Gasteiger partial charge in [0.05, 0.1) is 11.6 Å². The molecule has 0 heterocycles.